The van der Waals surface area contributed by atoms with Crippen LogP contribution < -0.4 is 10.6 Å². The predicted molar refractivity (Wildman–Crippen MR) is 96.8 cm³/mol. The molecular formula is C18H19F2N3O6. The number of nitro groups is 1. The number of rotatable bonds is 7. The molecule has 1 aromatic rings. The predicted octanol–water partition coefficient (Wildman–Crippen LogP) is 2.36. The summed E-state index contributed by atoms with van der Waals surface area (Å²) < 4.78 is 32.5. The van der Waals surface area contributed by atoms with Crippen molar-refractivity contribution in [1.29, 1.82) is 0 Å². The molecular weight excluding hydrogens is 392 g/mol. The molecule has 2 amide bonds. The van der Waals surface area contributed by atoms with Gasteiger partial charge in [0.15, 0.2) is 5.82 Å². The number of hydrogen-bond donors (Lipinski definition) is 2. The van der Waals surface area contributed by atoms with E-state index in [0.29, 0.717) is 25.0 Å². The molecule has 0 fully saturated rings. The Morgan fingerprint density at radius 3 is 2.31 bits per heavy atom. The van der Waals surface area contributed by atoms with Gasteiger partial charge in [0.1, 0.15) is 6.54 Å². The number of carbonyl (C=O) groups excluding carboxylic acids is 3. The van der Waals surface area contributed by atoms with E-state index in [1.54, 1.807) is 6.92 Å². The molecule has 11 heteroatoms. The van der Waals surface area contributed by atoms with Crippen LogP contribution in [0.15, 0.2) is 23.3 Å². The molecule has 1 aromatic carbocycles. The lowest BCUT2D eigenvalue weighted by molar-refractivity contribution is -0.387. The second-order valence-electron chi connectivity index (χ2n) is 6.15. The normalized spacial score (nSPS) is 13.6. The Morgan fingerprint density at radius 1 is 1.10 bits per heavy atom. The molecule has 0 saturated carbocycles. The zero-order valence-corrected chi connectivity index (χ0v) is 15.5. The highest BCUT2D eigenvalue weighted by molar-refractivity contribution is 6.10. The lowest BCUT2D eigenvalue weighted by Gasteiger charge is -2.19. The van der Waals surface area contributed by atoms with Gasteiger partial charge in [0.05, 0.1) is 23.3 Å². The molecule has 0 unspecified atom stereocenters. The van der Waals surface area contributed by atoms with E-state index >= 15 is 0 Å². The van der Waals surface area contributed by atoms with Crippen LogP contribution >= 0.6 is 0 Å². The number of anilines is 1. The first-order valence-corrected chi connectivity index (χ1v) is 8.85. The standard InChI is InChI=1S/C18H19F2N3O6/c1-2-29-16(24)9-21-17(25)10-5-3-4-6-11(10)18(26)22-14-7-13(20)15(23(27)28)8-12(14)19/h7-8H,2-6,9H2,1H3,(H,21,25)(H,22,26). The van der Waals surface area contributed by atoms with Crippen LogP contribution in [0.25, 0.3) is 0 Å². The number of carbonyl (C=O) groups is 3. The van der Waals surface area contributed by atoms with E-state index in [9.17, 15) is 33.3 Å². The number of benzene rings is 1. The number of nitrogens with one attached hydrogen (secondary N) is 2. The maximum absolute atomic E-state index is 14.0. The van der Waals surface area contributed by atoms with Gasteiger partial charge in [0.25, 0.3) is 5.91 Å². The molecule has 1 aliphatic rings. The summed E-state index contributed by atoms with van der Waals surface area (Å²) in [5.41, 5.74) is -1.42. The SMILES string of the molecule is CCOC(=O)CNC(=O)C1=C(C(=O)Nc2cc(F)c([N+](=O)[O-])cc2F)CCCC1. The van der Waals surface area contributed by atoms with Crippen molar-refractivity contribution in [2.24, 2.45) is 0 Å². The van der Waals surface area contributed by atoms with Gasteiger partial charge in [-0.15, -0.1) is 0 Å². The van der Waals surface area contributed by atoms with Gasteiger partial charge in [-0.2, -0.15) is 4.39 Å². The van der Waals surface area contributed by atoms with E-state index < -0.39 is 45.7 Å². The van der Waals surface area contributed by atoms with Gasteiger partial charge < -0.3 is 15.4 Å². The molecule has 0 aromatic heterocycles. The zero-order valence-electron chi connectivity index (χ0n) is 15.5. The van der Waals surface area contributed by atoms with Gasteiger partial charge in [0, 0.05) is 17.2 Å². The van der Waals surface area contributed by atoms with E-state index in [2.05, 4.69) is 10.6 Å². The van der Waals surface area contributed by atoms with Gasteiger partial charge in [-0.1, -0.05) is 0 Å². The van der Waals surface area contributed by atoms with Crippen LogP contribution in [-0.4, -0.2) is 35.9 Å². The quantitative estimate of drug-likeness (QED) is 0.403. The Balaban J connectivity index is 2.20. The molecule has 0 spiro atoms. The van der Waals surface area contributed by atoms with Gasteiger partial charge in [-0.25, -0.2) is 4.39 Å². The van der Waals surface area contributed by atoms with Gasteiger partial charge >= 0.3 is 11.7 Å². The second kappa shape index (κ2) is 9.71. The lowest BCUT2D eigenvalue weighted by atomic mass is 9.90. The summed E-state index contributed by atoms with van der Waals surface area (Å²) in [6.07, 6.45) is 1.74. The maximum Gasteiger partial charge on any atom is 0.325 e. The summed E-state index contributed by atoms with van der Waals surface area (Å²) in [6.45, 7) is 1.40. The van der Waals surface area contributed by atoms with E-state index in [-0.39, 0.29) is 37.1 Å². The molecule has 0 heterocycles. The summed E-state index contributed by atoms with van der Waals surface area (Å²) in [7, 11) is 0. The highest BCUT2D eigenvalue weighted by atomic mass is 19.1. The maximum atomic E-state index is 14.0. The van der Waals surface area contributed by atoms with E-state index in [1.807, 2.05) is 0 Å². The third-order valence-corrected chi connectivity index (χ3v) is 4.20. The van der Waals surface area contributed by atoms with Crippen molar-refractivity contribution in [3.8, 4) is 0 Å². The van der Waals surface area contributed by atoms with Crippen LogP contribution in [0, 0.1) is 21.7 Å². The van der Waals surface area contributed by atoms with Crippen molar-refractivity contribution in [3.05, 3.63) is 45.0 Å². The lowest BCUT2D eigenvalue weighted by Crippen LogP contribution is -2.34. The third kappa shape index (κ3) is 5.56. The van der Waals surface area contributed by atoms with Crippen molar-refractivity contribution in [2.75, 3.05) is 18.5 Å². The fourth-order valence-electron chi connectivity index (χ4n) is 2.85. The molecule has 9 nitrogen and oxygen atoms in total. The Bertz CT molecular complexity index is 885. The van der Waals surface area contributed by atoms with Crippen molar-refractivity contribution in [2.45, 2.75) is 32.6 Å². The highest BCUT2D eigenvalue weighted by Crippen LogP contribution is 2.28. The second-order valence-corrected chi connectivity index (χ2v) is 6.15. The minimum absolute atomic E-state index is 0.0794. The van der Waals surface area contributed by atoms with Gasteiger partial charge in [-0.05, 0) is 32.6 Å². The summed E-state index contributed by atoms with van der Waals surface area (Å²) in [4.78, 5) is 45.8. The van der Waals surface area contributed by atoms with Crippen LogP contribution in [-0.2, 0) is 19.1 Å². The molecule has 0 atom stereocenters. The summed E-state index contributed by atoms with van der Waals surface area (Å²) >= 11 is 0. The molecule has 2 rings (SSSR count). The minimum atomic E-state index is -1.31. The highest BCUT2D eigenvalue weighted by Gasteiger charge is 2.26. The third-order valence-electron chi connectivity index (χ3n) is 4.20. The Kier molecular flexibility index (Phi) is 7.34. The molecule has 156 valence electrons. The number of nitrogens with zero attached hydrogens (tertiary/aromatic N) is 1. The summed E-state index contributed by atoms with van der Waals surface area (Å²) in [5.74, 6) is -4.57. The Hall–Kier alpha value is -3.37. The molecule has 2 N–H and O–H groups in total. The first-order valence-electron chi connectivity index (χ1n) is 8.85. The zero-order chi connectivity index (χ0) is 21.6. The average molecular weight is 411 g/mol. The van der Waals surface area contributed by atoms with Crippen LogP contribution in [0.2, 0.25) is 0 Å². The molecule has 0 bridgehead atoms. The minimum Gasteiger partial charge on any atom is -0.465 e. The molecule has 29 heavy (non-hydrogen) atoms. The topological polar surface area (TPSA) is 128 Å². The van der Waals surface area contributed by atoms with Crippen molar-refractivity contribution in [1.82, 2.24) is 5.32 Å². The van der Waals surface area contributed by atoms with Crippen LogP contribution in [0.1, 0.15) is 32.6 Å². The van der Waals surface area contributed by atoms with Crippen LogP contribution in [0.4, 0.5) is 20.2 Å². The fourth-order valence-corrected chi connectivity index (χ4v) is 2.85. The molecule has 0 aliphatic heterocycles. The number of nitro benzene ring substituents is 1. The van der Waals surface area contributed by atoms with E-state index in [1.165, 1.54) is 0 Å². The van der Waals surface area contributed by atoms with Gasteiger partial charge in [0.2, 0.25) is 11.7 Å². The van der Waals surface area contributed by atoms with Crippen LogP contribution in [0.5, 0.6) is 0 Å². The number of amides is 2. The molecule has 1 aliphatic carbocycles. The number of halogens is 2. The average Bonchev–Trinajstić information content (AvgIpc) is 2.68. The summed E-state index contributed by atoms with van der Waals surface area (Å²) in [6, 6.07) is 0.877. The number of hydrogen-bond acceptors (Lipinski definition) is 6. The van der Waals surface area contributed by atoms with Crippen molar-refractivity contribution >= 4 is 29.2 Å². The smallest absolute Gasteiger partial charge is 0.325 e. The first kappa shape index (κ1) is 21.9. The molecule has 0 radical (unpaired) electrons. The number of esters is 1. The van der Waals surface area contributed by atoms with Crippen molar-refractivity contribution in [3.63, 3.8) is 0 Å². The van der Waals surface area contributed by atoms with Crippen LogP contribution in [0.3, 0.4) is 0 Å². The molecule has 0 saturated heterocycles. The Morgan fingerprint density at radius 2 is 1.72 bits per heavy atom. The number of ether oxygens (including phenoxy) is 1. The van der Waals surface area contributed by atoms with Gasteiger partial charge in [-0.3, -0.25) is 24.5 Å². The van der Waals surface area contributed by atoms with E-state index in [4.69, 9.17) is 4.74 Å². The first-order chi connectivity index (χ1) is 13.7. The van der Waals surface area contributed by atoms with E-state index in [0.717, 1.165) is 0 Å². The largest absolute Gasteiger partial charge is 0.465 e. The van der Waals surface area contributed by atoms with Crippen molar-refractivity contribution < 1.29 is 32.8 Å². The summed E-state index contributed by atoms with van der Waals surface area (Å²) in [5, 5.41) is 15.2. The fraction of sp³-hybridized carbons (Fsp3) is 0.389. The monoisotopic (exact) mass is 411 g/mol. The Labute approximate surface area is 164 Å².